The van der Waals surface area contributed by atoms with Crippen LogP contribution < -0.4 is 5.32 Å². The second-order valence-corrected chi connectivity index (χ2v) is 5.98. The van der Waals surface area contributed by atoms with Crippen LogP contribution in [-0.2, 0) is 6.42 Å². The van der Waals surface area contributed by atoms with Crippen molar-refractivity contribution in [1.82, 2.24) is 5.32 Å². The van der Waals surface area contributed by atoms with E-state index in [4.69, 9.17) is 11.6 Å². The smallest absolute Gasteiger partial charge is 0.0438 e. The van der Waals surface area contributed by atoms with E-state index in [-0.39, 0.29) is 0 Å². The van der Waals surface area contributed by atoms with Crippen molar-refractivity contribution in [2.75, 3.05) is 11.5 Å². The van der Waals surface area contributed by atoms with Crippen LogP contribution in [0, 0.1) is 0 Å². The summed E-state index contributed by atoms with van der Waals surface area (Å²) in [6.45, 7) is 2.24. The molecule has 0 bridgehead atoms. The van der Waals surface area contributed by atoms with E-state index < -0.39 is 0 Å². The zero-order chi connectivity index (χ0) is 11.4. The molecule has 0 saturated carbocycles. The van der Waals surface area contributed by atoms with Gasteiger partial charge in [0.05, 0.1) is 0 Å². The lowest BCUT2D eigenvalue weighted by Crippen LogP contribution is -2.37. The van der Waals surface area contributed by atoms with Crippen LogP contribution in [0.25, 0.3) is 0 Å². The Morgan fingerprint density at radius 2 is 2.31 bits per heavy atom. The van der Waals surface area contributed by atoms with Crippen LogP contribution in [0.2, 0.25) is 5.02 Å². The number of nitrogens with one attached hydrogen (secondary N) is 1. The molecule has 0 amide bonds. The third-order valence-corrected chi connectivity index (χ3v) is 4.47. The Labute approximate surface area is 107 Å². The van der Waals surface area contributed by atoms with Gasteiger partial charge in [-0.05, 0) is 37.1 Å². The van der Waals surface area contributed by atoms with E-state index in [1.807, 2.05) is 23.9 Å². The van der Waals surface area contributed by atoms with Crippen LogP contribution >= 0.6 is 23.4 Å². The maximum absolute atomic E-state index is 6.15. The average molecular weight is 256 g/mol. The SMILES string of the molecule is CC(Cc1ccccc1Cl)NC1CCSC1. The molecule has 0 aromatic heterocycles. The van der Waals surface area contributed by atoms with E-state index in [1.165, 1.54) is 23.5 Å². The molecule has 3 heteroatoms. The van der Waals surface area contributed by atoms with E-state index in [0.29, 0.717) is 12.1 Å². The number of halogens is 1. The summed E-state index contributed by atoms with van der Waals surface area (Å²) in [6.07, 6.45) is 2.32. The van der Waals surface area contributed by atoms with Crippen molar-refractivity contribution in [2.45, 2.75) is 31.8 Å². The van der Waals surface area contributed by atoms with E-state index in [9.17, 15) is 0 Å². The van der Waals surface area contributed by atoms with Crippen molar-refractivity contribution in [3.8, 4) is 0 Å². The molecule has 1 fully saturated rings. The Bertz CT molecular complexity index is 336. The summed E-state index contributed by atoms with van der Waals surface area (Å²) in [7, 11) is 0. The molecule has 2 unspecified atom stereocenters. The van der Waals surface area contributed by atoms with Crippen molar-refractivity contribution in [1.29, 1.82) is 0 Å². The molecule has 1 saturated heterocycles. The third kappa shape index (κ3) is 3.41. The fourth-order valence-electron chi connectivity index (χ4n) is 2.12. The van der Waals surface area contributed by atoms with E-state index in [0.717, 1.165) is 11.4 Å². The zero-order valence-corrected chi connectivity index (χ0v) is 11.2. The number of hydrogen-bond acceptors (Lipinski definition) is 2. The van der Waals surface area contributed by atoms with Gasteiger partial charge in [0.15, 0.2) is 0 Å². The summed E-state index contributed by atoms with van der Waals surface area (Å²) in [5.41, 5.74) is 1.25. The molecule has 1 N–H and O–H groups in total. The molecule has 1 aliphatic rings. The zero-order valence-electron chi connectivity index (χ0n) is 9.58. The lowest BCUT2D eigenvalue weighted by molar-refractivity contribution is 0.470. The van der Waals surface area contributed by atoms with Gasteiger partial charge in [-0.2, -0.15) is 11.8 Å². The number of rotatable bonds is 4. The molecular weight excluding hydrogens is 238 g/mol. The highest BCUT2D eigenvalue weighted by Crippen LogP contribution is 2.20. The average Bonchev–Trinajstić information content (AvgIpc) is 2.74. The summed E-state index contributed by atoms with van der Waals surface area (Å²) in [5, 5.41) is 4.56. The van der Waals surface area contributed by atoms with Gasteiger partial charge in [-0.25, -0.2) is 0 Å². The van der Waals surface area contributed by atoms with Gasteiger partial charge >= 0.3 is 0 Å². The minimum absolute atomic E-state index is 0.503. The minimum Gasteiger partial charge on any atom is -0.310 e. The molecule has 1 aromatic carbocycles. The first-order valence-corrected chi connectivity index (χ1v) is 7.36. The van der Waals surface area contributed by atoms with E-state index in [2.05, 4.69) is 24.4 Å². The Balaban J connectivity index is 1.86. The highest BCUT2D eigenvalue weighted by Gasteiger charge is 2.17. The topological polar surface area (TPSA) is 12.0 Å². The largest absolute Gasteiger partial charge is 0.310 e. The quantitative estimate of drug-likeness (QED) is 0.886. The van der Waals surface area contributed by atoms with Gasteiger partial charge < -0.3 is 5.32 Å². The van der Waals surface area contributed by atoms with Gasteiger partial charge in [-0.1, -0.05) is 29.8 Å². The molecule has 2 atom stereocenters. The highest BCUT2D eigenvalue weighted by atomic mass is 35.5. The second kappa shape index (κ2) is 5.95. The molecule has 1 nitrogen and oxygen atoms in total. The molecular formula is C13H18ClNS. The summed E-state index contributed by atoms with van der Waals surface area (Å²) in [4.78, 5) is 0. The molecule has 88 valence electrons. The van der Waals surface area contributed by atoms with Crippen molar-refractivity contribution in [3.05, 3.63) is 34.9 Å². The van der Waals surface area contributed by atoms with Crippen molar-refractivity contribution < 1.29 is 0 Å². The minimum atomic E-state index is 0.503. The Morgan fingerprint density at radius 3 is 3.00 bits per heavy atom. The highest BCUT2D eigenvalue weighted by molar-refractivity contribution is 7.99. The van der Waals surface area contributed by atoms with Gasteiger partial charge in [0.2, 0.25) is 0 Å². The van der Waals surface area contributed by atoms with Crippen LogP contribution in [0.3, 0.4) is 0 Å². The predicted molar refractivity (Wildman–Crippen MR) is 73.5 cm³/mol. The molecule has 2 rings (SSSR count). The molecule has 16 heavy (non-hydrogen) atoms. The standard InChI is InChI=1S/C13H18ClNS/c1-10(15-12-6-7-16-9-12)8-11-4-2-3-5-13(11)14/h2-5,10,12,15H,6-9H2,1H3. The van der Waals surface area contributed by atoms with E-state index in [1.54, 1.807) is 0 Å². The van der Waals surface area contributed by atoms with Crippen LogP contribution in [0.4, 0.5) is 0 Å². The summed E-state index contributed by atoms with van der Waals surface area (Å²) in [6, 6.07) is 9.32. The molecule has 1 aromatic rings. The first-order valence-electron chi connectivity index (χ1n) is 5.83. The first-order chi connectivity index (χ1) is 7.75. The third-order valence-electron chi connectivity index (χ3n) is 2.93. The van der Waals surface area contributed by atoms with Gasteiger partial charge in [-0.3, -0.25) is 0 Å². The van der Waals surface area contributed by atoms with Crippen molar-refractivity contribution >= 4 is 23.4 Å². The molecule has 0 aliphatic carbocycles. The molecule has 1 aliphatic heterocycles. The van der Waals surface area contributed by atoms with Crippen molar-refractivity contribution in [3.63, 3.8) is 0 Å². The maximum Gasteiger partial charge on any atom is 0.0438 e. The first kappa shape index (κ1) is 12.3. The fraction of sp³-hybridized carbons (Fsp3) is 0.538. The lowest BCUT2D eigenvalue weighted by Gasteiger charge is -2.19. The molecule has 0 spiro atoms. The van der Waals surface area contributed by atoms with Crippen molar-refractivity contribution in [2.24, 2.45) is 0 Å². The van der Waals surface area contributed by atoms with Gasteiger partial charge in [0, 0.05) is 22.9 Å². The van der Waals surface area contributed by atoms with Gasteiger partial charge in [0.25, 0.3) is 0 Å². The summed E-state index contributed by atoms with van der Waals surface area (Å²) < 4.78 is 0. The summed E-state index contributed by atoms with van der Waals surface area (Å²) >= 11 is 8.20. The van der Waals surface area contributed by atoms with Gasteiger partial charge in [-0.15, -0.1) is 0 Å². The maximum atomic E-state index is 6.15. The van der Waals surface area contributed by atoms with Crippen LogP contribution in [0.15, 0.2) is 24.3 Å². The fourth-order valence-corrected chi connectivity index (χ4v) is 3.50. The number of benzene rings is 1. The lowest BCUT2D eigenvalue weighted by atomic mass is 10.1. The predicted octanol–water partition coefficient (Wildman–Crippen LogP) is 3.37. The summed E-state index contributed by atoms with van der Waals surface area (Å²) in [5.74, 6) is 2.56. The van der Waals surface area contributed by atoms with Gasteiger partial charge in [0.1, 0.15) is 0 Å². The van der Waals surface area contributed by atoms with E-state index >= 15 is 0 Å². The Hall–Kier alpha value is -0.180. The number of hydrogen-bond donors (Lipinski definition) is 1. The normalized spacial score (nSPS) is 22.2. The number of thioether (sulfide) groups is 1. The second-order valence-electron chi connectivity index (χ2n) is 4.42. The van der Waals surface area contributed by atoms with Crippen LogP contribution in [0.5, 0.6) is 0 Å². The molecule has 0 radical (unpaired) electrons. The molecule has 1 heterocycles. The van der Waals surface area contributed by atoms with Crippen LogP contribution in [-0.4, -0.2) is 23.6 Å². The Morgan fingerprint density at radius 1 is 1.50 bits per heavy atom. The monoisotopic (exact) mass is 255 g/mol. The van der Waals surface area contributed by atoms with Crippen LogP contribution in [0.1, 0.15) is 18.9 Å². The Kier molecular flexibility index (Phi) is 4.56.